The van der Waals surface area contributed by atoms with Crippen LogP contribution < -0.4 is 5.32 Å². The zero-order valence-corrected chi connectivity index (χ0v) is 12.3. The van der Waals surface area contributed by atoms with Crippen LogP contribution in [-0.4, -0.2) is 36.6 Å². The Labute approximate surface area is 108 Å². The van der Waals surface area contributed by atoms with Crippen molar-refractivity contribution in [3.63, 3.8) is 0 Å². The van der Waals surface area contributed by atoms with Crippen LogP contribution in [0.15, 0.2) is 0 Å². The maximum absolute atomic E-state index is 3.68. The van der Waals surface area contributed by atoms with Gasteiger partial charge >= 0.3 is 0 Å². The van der Waals surface area contributed by atoms with Crippen molar-refractivity contribution >= 4 is 0 Å². The molecule has 0 amide bonds. The first-order valence-electron chi connectivity index (χ1n) is 7.64. The van der Waals surface area contributed by atoms with Crippen LogP contribution >= 0.6 is 0 Å². The van der Waals surface area contributed by atoms with Crippen LogP contribution in [-0.2, 0) is 0 Å². The SMILES string of the molecule is CCC(CC)NCCN(CCC(C)C)C1CC1. The smallest absolute Gasteiger partial charge is 0.0110 e. The minimum Gasteiger partial charge on any atom is -0.313 e. The molecule has 1 N–H and O–H groups in total. The largest absolute Gasteiger partial charge is 0.313 e. The normalized spacial score (nSPS) is 16.4. The summed E-state index contributed by atoms with van der Waals surface area (Å²) in [4.78, 5) is 2.70. The Balaban J connectivity index is 2.15. The highest BCUT2D eigenvalue weighted by molar-refractivity contribution is 4.85. The summed E-state index contributed by atoms with van der Waals surface area (Å²) >= 11 is 0. The van der Waals surface area contributed by atoms with Gasteiger partial charge in [-0.25, -0.2) is 0 Å². The molecule has 2 heteroatoms. The molecule has 1 fully saturated rings. The summed E-state index contributed by atoms with van der Waals surface area (Å²) in [6.45, 7) is 12.9. The molecule has 2 nitrogen and oxygen atoms in total. The molecule has 102 valence electrons. The second kappa shape index (κ2) is 8.10. The third-order valence-electron chi connectivity index (χ3n) is 3.87. The molecule has 0 bridgehead atoms. The Morgan fingerprint density at radius 3 is 2.24 bits per heavy atom. The summed E-state index contributed by atoms with van der Waals surface area (Å²) in [6, 6.07) is 1.64. The summed E-state index contributed by atoms with van der Waals surface area (Å²) in [6.07, 6.45) is 6.73. The third kappa shape index (κ3) is 6.42. The molecule has 0 heterocycles. The second-order valence-corrected chi connectivity index (χ2v) is 5.92. The van der Waals surface area contributed by atoms with Gasteiger partial charge in [0.25, 0.3) is 0 Å². The van der Waals surface area contributed by atoms with Gasteiger partial charge in [0.2, 0.25) is 0 Å². The summed E-state index contributed by atoms with van der Waals surface area (Å²) in [7, 11) is 0. The van der Waals surface area contributed by atoms with E-state index in [9.17, 15) is 0 Å². The minimum absolute atomic E-state index is 0.723. The van der Waals surface area contributed by atoms with Crippen molar-refractivity contribution in [3.05, 3.63) is 0 Å². The zero-order chi connectivity index (χ0) is 12.7. The highest BCUT2D eigenvalue weighted by Gasteiger charge is 2.28. The van der Waals surface area contributed by atoms with E-state index in [-0.39, 0.29) is 0 Å². The lowest BCUT2D eigenvalue weighted by Crippen LogP contribution is -2.38. The Hall–Kier alpha value is -0.0800. The summed E-state index contributed by atoms with van der Waals surface area (Å²) in [5, 5.41) is 3.68. The lowest BCUT2D eigenvalue weighted by Gasteiger charge is -2.24. The molecule has 1 saturated carbocycles. The molecule has 0 aromatic rings. The number of nitrogens with zero attached hydrogens (tertiary/aromatic N) is 1. The van der Waals surface area contributed by atoms with E-state index in [1.165, 1.54) is 51.7 Å². The van der Waals surface area contributed by atoms with Gasteiger partial charge in [0, 0.05) is 25.2 Å². The lowest BCUT2D eigenvalue weighted by atomic mass is 10.1. The van der Waals surface area contributed by atoms with Crippen LogP contribution in [0.25, 0.3) is 0 Å². The molecule has 0 atom stereocenters. The van der Waals surface area contributed by atoms with Gasteiger partial charge in [0.15, 0.2) is 0 Å². The van der Waals surface area contributed by atoms with Crippen molar-refractivity contribution in [3.8, 4) is 0 Å². The Bertz CT molecular complexity index is 183. The highest BCUT2D eigenvalue weighted by Crippen LogP contribution is 2.26. The topological polar surface area (TPSA) is 15.3 Å². The van der Waals surface area contributed by atoms with Gasteiger partial charge in [-0.1, -0.05) is 27.7 Å². The van der Waals surface area contributed by atoms with Crippen molar-refractivity contribution < 1.29 is 0 Å². The molecule has 1 rings (SSSR count). The van der Waals surface area contributed by atoms with E-state index in [0.717, 1.165) is 18.0 Å². The molecule has 0 unspecified atom stereocenters. The van der Waals surface area contributed by atoms with Gasteiger partial charge in [-0.15, -0.1) is 0 Å². The monoisotopic (exact) mass is 240 g/mol. The lowest BCUT2D eigenvalue weighted by molar-refractivity contribution is 0.243. The average Bonchev–Trinajstić information content (AvgIpc) is 3.12. The van der Waals surface area contributed by atoms with E-state index in [1.807, 2.05) is 0 Å². The third-order valence-corrected chi connectivity index (χ3v) is 3.87. The maximum Gasteiger partial charge on any atom is 0.0110 e. The predicted octanol–water partition coefficient (Wildman–Crippen LogP) is 3.28. The maximum atomic E-state index is 3.68. The van der Waals surface area contributed by atoms with E-state index >= 15 is 0 Å². The van der Waals surface area contributed by atoms with Crippen LogP contribution in [0.2, 0.25) is 0 Å². The van der Waals surface area contributed by atoms with Crippen molar-refractivity contribution in [1.82, 2.24) is 10.2 Å². The number of nitrogens with one attached hydrogen (secondary N) is 1. The second-order valence-electron chi connectivity index (χ2n) is 5.92. The number of hydrogen-bond donors (Lipinski definition) is 1. The zero-order valence-electron chi connectivity index (χ0n) is 12.3. The summed E-state index contributed by atoms with van der Waals surface area (Å²) in [5.41, 5.74) is 0. The summed E-state index contributed by atoms with van der Waals surface area (Å²) < 4.78 is 0. The Morgan fingerprint density at radius 1 is 1.12 bits per heavy atom. The molecule has 1 aliphatic carbocycles. The van der Waals surface area contributed by atoms with Gasteiger partial charge in [0.05, 0.1) is 0 Å². The first-order valence-corrected chi connectivity index (χ1v) is 7.64. The highest BCUT2D eigenvalue weighted by atomic mass is 15.2. The molecule has 1 aliphatic rings. The molecule has 0 spiro atoms. The van der Waals surface area contributed by atoms with Gasteiger partial charge in [-0.2, -0.15) is 0 Å². The summed E-state index contributed by atoms with van der Waals surface area (Å²) in [5.74, 6) is 0.836. The van der Waals surface area contributed by atoms with Gasteiger partial charge in [-0.3, -0.25) is 4.90 Å². The minimum atomic E-state index is 0.723. The predicted molar refractivity (Wildman–Crippen MR) is 76.4 cm³/mol. The Kier molecular flexibility index (Phi) is 7.14. The first kappa shape index (κ1) is 15.0. The van der Waals surface area contributed by atoms with Crippen molar-refractivity contribution in [2.45, 2.75) is 71.9 Å². The van der Waals surface area contributed by atoms with Crippen LogP contribution in [0.4, 0.5) is 0 Å². The molecule has 0 saturated heterocycles. The first-order chi connectivity index (χ1) is 8.17. The molecular weight excluding hydrogens is 208 g/mol. The fourth-order valence-electron chi connectivity index (χ4n) is 2.33. The fraction of sp³-hybridized carbons (Fsp3) is 1.00. The van der Waals surface area contributed by atoms with Crippen molar-refractivity contribution in [2.24, 2.45) is 5.92 Å². The van der Waals surface area contributed by atoms with Gasteiger partial charge in [0.1, 0.15) is 0 Å². The molecule has 17 heavy (non-hydrogen) atoms. The van der Waals surface area contributed by atoms with E-state index in [2.05, 4.69) is 37.9 Å². The standard InChI is InChI=1S/C15H32N2/c1-5-14(6-2)16-10-12-17(15-7-8-15)11-9-13(3)4/h13-16H,5-12H2,1-4H3. The van der Waals surface area contributed by atoms with E-state index in [0.29, 0.717) is 0 Å². The van der Waals surface area contributed by atoms with Crippen LogP contribution in [0.5, 0.6) is 0 Å². The van der Waals surface area contributed by atoms with Crippen LogP contribution in [0, 0.1) is 5.92 Å². The van der Waals surface area contributed by atoms with Crippen molar-refractivity contribution in [2.75, 3.05) is 19.6 Å². The number of hydrogen-bond acceptors (Lipinski definition) is 2. The van der Waals surface area contributed by atoms with Crippen LogP contribution in [0.3, 0.4) is 0 Å². The molecular formula is C15H32N2. The molecule has 0 aliphatic heterocycles. The number of rotatable bonds is 10. The average molecular weight is 240 g/mol. The van der Waals surface area contributed by atoms with E-state index in [1.54, 1.807) is 0 Å². The Morgan fingerprint density at radius 2 is 1.76 bits per heavy atom. The fourth-order valence-corrected chi connectivity index (χ4v) is 2.33. The molecule has 0 radical (unpaired) electrons. The van der Waals surface area contributed by atoms with E-state index in [4.69, 9.17) is 0 Å². The van der Waals surface area contributed by atoms with Crippen molar-refractivity contribution in [1.29, 1.82) is 0 Å². The molecule has 0 aromatic heterocycles. The van der Waals surface area contributed by atoms with Gasteiger partial charge < -0.3 is 5.32 Å². The van der Waals surface area contributed by atoms with E-state index < -0.39 is 0 Å². The van der Waals surface area contributed by atoms with Crippen LogP contribution in [0.1, 0.15) is 59.8 Å². The van der Waals surface area contributed by atoms with Gasteiger partial charge in [-0.05, 0) is 44.6 Å². The quantitative estimate of drug-likeness (QED) is 0.630. The molecule has 0 aromatic carbocycles.